The molecule has 3 nitrogen and oxygen atoms in total. The largest absolute Gasteiger partial charge is 0.312 e. The lowest BCUT2D eigenvalue weighted by molar-refractivity contribution is 1.25. The highest BCUT2D eigenvalue weighted by atomic mass is 28.3. The third-order valence-electron chi connectivity index (χ3n) is 17.4. The second-order valence-corrected chi connectivity index (χ2v) is 29.3. The van der Waals surface area contributed by atoms with Gasteiger partial charge in [-0.15, -0.1) is 5.54 Å². The van der Waals surface area contributed by atoms with Gasteiger partial charge in [-0.1, -0.05) is 201 Å². The van der Waals surface area contributed by atoms with Gasteiger partial charge in [0.25, 0.3) is 0 Å². The van der Waals surface area contributed by atoms with Gasteiger partial charge in [-0.2, -0.15) is 0 Å². The predicted molar refractivity (Wildman–Crippen MR) is 357 cm³/mol. The molecule has 0 unspecified atom stereocenters. The number of fused-ring (bicyclic) bond motifs is 6. The summed E-state index contributed by atoms with van der Waals surface area (Å²) in [6, 6.07) is 74.4. The highest BCUT2D eigenvalue weighted by molar-refractivity contribution is 7.00. The first-order chi connectivity index (χ1) is 39.0. The minimum Gasteiger partial charge on any atom is -0.312 e. The maximum absolute atomic E-state index is 3.62. The van der Waals surface area contributed by atoms with E-state index in [-0.39, 0.29) is 20.1 Å². The molecule has 0 saturated heterocycles. The summed E-state index contributed by atoms with van der Waals surface area (Å²) in [6.07, 6.45) is 0. The van der Waals surface area contributed by atoms with E-state index < -0.39 is 8.07 Å². The van der Waals surface area contributed by atoms with Crippen LogP contribution in [0.1, 0.15) is 55.6 Å². The Labute approximate surface area is 483 Å². The van der Waals surface area contributed by atoms with E-state index in [9.17, 15) is 0 Å². The number of aryl methyl sites for hydroxylation is 9. The fourth-order valence-electron chi connectivity index (χ4n) is 14.5. The Morgan fingerprint density at radius 3 is 0.889 bits per heavy atom. The quantitative estimate of drug-likeness (QED) is 0.121. The molecule has 3 aliphatic heterocycles. The number of nitrogens with zero attached hydrogens (tertiary/aromatic N) is 3. The first-order valence-electron chi connectivity index (χ1n) is 28.9. The van der Waals surface area contributed by atoms with E-state index in [1.54, 1.807) is 0 Å². The van der Waals surface area contributed by atoms with Gasteiger partial charge in [0, 0.05) is 56.7 Å². The fourth-order valence-corrected chi connectivity index (χ4v) is 15.0. The smallest absolute Gasteiger partial charge is 0.247 e. The van der Waals surface area contributed by atoms with Gasteiger partial charge in [-0.05, 0) is 180 Å². The zero-order chi connectivity index (χ0) is 56.2. The van der Waals surface area contributed by atoms with E-state index in [1.807, 2.05) is 0 Å². The molecule has 81 heavy (non-hydrogen) atoms. The molecular formula is C74H68B3N3Si. The topological polar surface area (TPSA) is 9.72 Å². The SMILES string of the molecule is Cc1cc(C)c(B2c3ccccc3N(c3ccc4c(c3)B(c3c(C)cc(C)cc3C)c3cc(N5c6ccccc6B(c6c(C)cc(C)cc6C)c6ccccc65)ccc3N4c3ccc(C#C[Si](C)(C)C)cc3)c3ccccc32)c(C)c1. The van der Waals surface area contributed by atoms with Crippen LogP contribution in [0.15, 0.2) is 194 Å². The van der Waals surface area contributed by atoms with E-state index in [1.165, 1.54) is 133 Å². The maximum atomic E-state index is 3.62. The Bertz CT molecular complexity index is 3900. The van der Waals surface area contributed by atoms with E-state index >= 15 is 0 Å². The lowest BCUT2D eigenvalue weighted by atomic mass is 9.33. The number of anilines is 9. The van der Waals surface area contributed by atoms with Gasteiger partial charge >= 0.3 is 0 Å². The Kier molecular flexibility index (Phi) is 12.8. The van der Waals surface area contributed by atoms with E-state index in [0.29, 0.717) is 0 Å². The van der Waals surface area contributed by atoms with Crippen LogP contribution in [0.25, 0.3) is 0 Å². The van der Waals surface area contributed by atoms with E-state index in [2.05, 4.69) is 302 Å². The van der Waals surface area contributed by atoms with Gasteiger partial charge in [0.05, 0.1) is 0 Å². The van der Waals surface area contributed by atoms with Crippen LogP contribution in [0, 0.1) is 73.8 Å². The minimum absolute atomic E-state index is 0.0851. The van der Waals surface area contributed by atoms with Crippen molar-refractivity contribution >= 4 is 129 Å². The molecule has 3 aliphatic rings. The summed E-state index contributed by atoms with van der Waals surface area (Å²) in [5, 5.41) is 0. The second-order valence-electron chi connectivity index (χ2n) is 24.5. The van der Waals surface area contributed by atoms with Crippen molar-refractivity contribution in [1.82, 2.24) is 0 Å². The third-order valence-corrected chi connectivity index (χ3v) is 18.3. The van der Waals surface area contributed by atoms with Crippen LogP contribution in [0.5, 0.6) is 0 Å². The highest BCUT2D eigenvalue weighted by Gasteiger charge is 2.42. The molecule has 10 aromatic carbocycles. The maximum Gasteiger partial charge on any atom is 0.247 e. The van der Waals surface area contributed by atoms with Gasteiger partial charge in [0.15, 0.2) is 0 Å². The van der Waals surface area contributed by atoms with Gasteiger partial charge < -0.3 is 14.7 Å². The molecule has 0 aliphatic carbocycles. The summed E-state index contributed by atoms with van der Waals surface area (Å²) >= 11 is 0. The van der Waals surface area contributed by atoms with Gasteiger partial charge in [0.1, 0.15) is 8.07 Å². The summed E-state index contributed by atoms with van der Waals surface area (Å²) in [6.45, 7) is 27.5. The van der Waals surface area contributed by atoms with Crippen LogP contribution in [-0.2, 0) is 0 Å². The molecule has 13 rings (SSSR count). The van der Waals surface area contributed by atoms with Crippen LogP contribution in [0.4, 0.5) is 51.2 Å². The predicted octanol–water partition coefficient (Wildman–Crippen LogP) is 12.6. The third kappa shape index (κ3) is 8.87. The van der Waals surface area contributed by atoms with Gasteiger partial charge in [-0.3, -0.25) is 0 Å². The van der Waals surface area contributed by atoms with Crippen molar-refractivity contribution in [3.8, 4) is 11.5 Å². The van der Waals surface area contributed by atoms with E-state index in [4.69, 9.17) is 0 Å². The van der Waals surface area contributed by atoms with Crippen molar-refractivity contribution in [3.63, 3.8) is 0 Å². The summed E-state index contributed by atoms with van der Waals surface area (Å²) in [7, 11) is -1.60. The first kappa shape index (κ1) is 52.0. The zero-order valence-corrected chi connectivity index (χ0v) is 50.0. The van der Waals surface area contributed by atoms with Crippen molar-refractivity contribution in [3.05, 3.63) is 250 Å². The average molecular weight is 1060 g/mol. The summed E-state index contributed by atoms with van der Waals surface area (Å²) in [5.41, 5.74) is 39.0. The molecule has 392 valence electrons. The molecular weight excluding hydrogens is 991 g/mol. The Morgan fingerprint density at radius 1 is 0.296 bits per heavy atom. The second kappa shape index (κ2) is 20.0. The summed E-state index contributed by atoms with van der Waals surface area (Å²) in [4.78, 5) is 7.62. The molecule has 0 saturated carbocycles. The van der Waals surface area contributed by atoms with Crippen LogP contribution in [-0.4, -0.2) is 28.2 Å². The fraction of sp³-hybridized carbons (Fsp3) is 0.162. The minimum atomic E-state index is -1.60. The summed E-state index contributed by atoms with van der Waals surface area (Å²) in [5.74, 6) is 3.54. The molecule has 0 spiro atoms. The Hall–Kier alpha value is -8.43. The van der Waals surface area contributed by atoms with Crippen LogP contribution < -0.4 is 63.9 Å². The molecule has 0 bridgehead atoms. The van der Waals surface area contributed by atoms with Crippen LogP contribution >= 0.6 is 0 Å². The lowest BCUT2D eigenvalue weighted by Gasteiger charge is -2.41. The number of benzene rings is 10. The standard InChI is InChI=1S/C74H68B3N3Si/c1-47-39-50(4)72(51(5)40-47)75-60-21-13-17-25-66(60)79(67-26-18-14-22-61(67)75)58-33-35-70-64(45-58)77(74-54(8)43-49(3)44-55(74)9)65-46-59(34-36-71(65)78(70)57-31-29-56(30-32-57)37-38-81(10,11)12)80-68-27-19-15-23-62(68)76(63-24-16-20-28-69(63)80)73-52(6)41-48(2)42-53(73)7/h13-36,39-46H,1-12H3. The molecule has 0 N–H and O–H groups in total. The molecule has 3 heterocycles. The van der Waals surface area contributed by atoms with Crippen LogP contribution in [0.2, 0.25) is 19.6 Å². The zero-order valence-electron chi connectivity index (χ0n) is 49.0. The van der Waals surface area contributed by atoms with Gasteiger partial charge in [-0.25, -0.2) is 0 Å². The first-order valence-corrected chi connectivity index (χ1v) is 32.4. The molecule has 0 aromatic heterocycles. The molecule has 0 radical (unpaired) electrons. The highest BCUT2D eigenvalue weighted by Crippen LogP contribution is 2.43. The molecule has 10 aromatic rings. The normalized spacial score (nSPS) is 13.2. The Balaban J connectivity index is 1.06. The number of hydrogen-bond acceptors (Lipinski definition) is 3. The van der Waals surface area contributed by atoms with Crippen molar-refractivity contribution in [2.24, 2.45) is 0 Å². The van der Waals surface area contributed by atoms with Crippen molar-refractivity contribution in [2.45, 2.75) is 82.0 Å². The molecule has 0 amide bonds. The van der Waals surface area contributed by atoms with Crippen molar-refractivity contribution < 1.29 is 0 Å². The number of hydrogen-bond donors (Lipinski definition) is 0. The van der Waals surface area contributed by atoms with E-state index in [0.717, 1.165) is 22.6 Å². The monoisotopic (exact) mass is 1060 g/mol. The van der Waals surface area contributed by atoms with Crippen molar-refractivity contribution in [1.29, 1.82) is 0 Å². The molecule has 0 fully saturated rings. The van der Waals surface area contributed by atoms with Gasteiger partial charge in [0.2, 0.25) is 20.1 Å². The number of para-hydroxylation sites is 4. The summed E-state index contributed by atoms with van der Waals surface area (Å²) < 4.78 is 0. The lowest BCUT2D eigenvalue weighted by Crippen LogP contribution is -2.60. The number of rotatable bonds is 6. The Morgan fingerprint density at radius 2 is 0.568 bits per heavy atom. The van der Waals surface area contributed by atoms with Crippen molar-refractivity contribution in [2.75, 3.05) is 14.7 Å². The average Bonchev–Trinajstić information content (AvgIpc) is 3.63. The van der Waals surface area contributed by atoms with Crippen LogP contribution in [0.3, 0.4) is 0 Å². The molecule has 0 atom stereocenters. The molecule has 7 heteroatoms.